The number of aromatic nitrogens is 5. The maximum atomic E-state index is 15.6. The van der Waals surface area contributed by atoms with E-state index in [2.05, 4.69) is 37.1 Å². The molecule has 1 atom stereocenters. The number of carbonyl (C=O) groups excluding carboxylic acids is 1. The molecule has 0 aliphatic carbocycles. The van der Waals surface area contributed by atoms with Crippen LogP contribution in [0.2, 0.25) is 0 Å². The van der Waals surface area contributed by atoms with Crippen molar-refractivity contribution in [2.75, 3.05) is 29.9 Å². The van der Waals surface area contributed by atoms with Gasteiger partial charge >= 0.3 is 0 Å². The molecule has 1 aliphatic rings. The molecule has 0 saturated carbocycles. The summed E-state index contributed by atoms with van der Waals surface area (Å²) in [6.45, 7) is 7.32. The number of ether oxygens (including phenoxy) is 1. The van der Waals surface area contributed by atoms with Crippen molar-refractivity contribution in [3.8, 4) is 11.5 Å². The van der Waals surface area contributed by atoms with Gasteiger partial charge in [-0.3, -0.25) is 4.79 Å². The Morgan fingerprint density at radius 2 is 2.05 bits per heavy atom. The van der Waals surface area contributed by atoms with Gasteiger partial charge < -0.3 is 24.8 Å². The first-order valence-electron chi connectivity index (χ1n) is 13.3. The second-order valence-electron chi connectivity index (χ2n) is 10.1. The summed E-state index contributed by atoms with van der Waals surface area (Å²) in [7, 11) is 1.93. The number of amides is 1. The number of benzene rings is 2. The third kappa shape index (κ3) is 5.25. The van der Waals surface area contributed by atoms with Gasteiger partial charge in [-0.05, 0) is 61.7 Å². The molecule has 1 aliphatic heterocycles. The highest BCUT2D eigenvalue weighted by Crippen LogP contribution is 2.34. The van der Waals surface area contributed by atoms with E-state index >= 15 is 4.39 Å². The van der Waals surface area contributed by atoms with Gasteiger partial charge in [-0.15, -0.1) is 0 Å². The average molecular weight is 553 g/mol. The van der Waals surface area contributed by atoms with Crippen LogP contribution in [0, 0.1) is 18.7 Å². The summed E-state index contributed by atoms with van der Waals surface area (Å²) < 4.78 is 23.5. The third-order valence-electron chi connectivity index (χ3n) is 7.34. The van der Waals surface area contributed by atoms with Crippen LogP contribution in [-0.2, 0) is 11.8 Å². The van der Waals surface area contributed by atoms with Crippen molar-refractivity contribution in [1.82, 2.24) is 29.8 Å². The molecule has 5 aromatic rings. The molecule has 1 amide bonds. The quantitative estimate of drug-likeness (QED) is 0.258. The van der Waals surface area contributed by atoms with Crippen LogP contribution in [0.5, 0.6) is 11.5 Å². The maximum Gasteiger partial charge on any atom is 0.243 e. The van der Waals surface area contributed by atoms with Gasteiger partial charge in [0, 0.05) is 38.3 Å². The van der Waals surface area contributed by atoms with E-state index < -0.39 is 5.82 Å². The molecular formula is C30H29FN8O2. The summed E-state index contributed by atoms with van der Waals surface area (Å²) in [6.07, 6.45) is 5.38. The molecule has 3 aromatic heterocycles. The maximum absolute atomic E-state index is 15.6. The summed E-state index contributed by atoms with van der Waals surface area (Å²) in [5, 5.41) is 5.97. The normalized spacial score (nSPS) is 14.9. The lowest BCUT2D eigenvalue weighted by atomic mass is 10.1. The van der Waals surface area contributed by atoms with Gasteiger partial charge in [0.05, 0.1) is 28.6 Å². The molecule has 0 unspecified atom stereocenters. The Balaban J connectivity index is 1.21. The standard InChI is InChI=1S/C30H29FN8O2/c1-4-27(40)32-14-19-11-12-39(15-19)26-10-7-22-29(37-26)30(34-16-33-22)36-21-6-9-25(18(2)28(21)31)41-20-5-8-24-23(13-20)35-17-38(24)3/h4-10,13,16-17,19H,1,11-12,14-15H2,2-3H3,(H,32,40)(H,33,34,36)/t19-/m1/s1. The molecule has 0 radical (unpaired) electrons. The van der Waals surface area contributed by atoms with Crippen LogP contribution in [0.4, 0.5) is 21.7 Å². The summed E-state index contributed by atoms with van der Waals surface area (Å²) in [5.74, 6) is 1.84. The number of carbonyl (C=O) groups is 1. The first kappa shape index (κ1) is 26.2. The fourth-order valence-electron chi connectivity index (χ4n) is 5.03. The zero-order valence-corrected chi connectivity index (χ0v) is 22.8. The number of fused-ring (bicyclic) bond motifs is 2. The van der Waals surface area contributed by atoms with Crippen molar-refractivity contribution in [3.05, 3.63) is 79.2 Å². The predicted molar refractivity (Wildman–Crippen MR) is 156 cm³/mol. The van der Waals surface area contributed by atoms with E-state index in [0.717, 1.165) is 36.4 Å². The molecule has 4 heterocycles. The van der Waals surface area contributed by atoms with Gasteiger partial charge in [0.15, 0.2) is 11.6 Å². The lowest BCUT2D eigenvalue weighted by Gasteiger charge is -2.19. The Hall–Kier alpha value is -5.06. The van der Waals surface area contributed by atoms with Crippen molar-refractivity contribution in [3.63, 3.8) is 0 Å². The third-order valence-corrected chi connectivity index (χ3v) is 7.34. The summed E-state index contributed by atoms with van der Waals surface area (Å²) in [4.78, 5) is 31.6. The van der Waals surface area contributed by atoms with Crippen LogP contribution in [0.15, 0.2) is 67.8 Å². The molecule has 2 aromatic carbocycles. The van der Waals surface area contributed by atoms with Gasteiger partial charge in [-0.1, -0.05) is 6.58 Å². The van der Waals surface area contributed by atoms with Crippen LogP contribution in [0.25, 0.3) is 22.1 Å². The number of halogens is 1. The smallest absolute Gasteiger partial charge is 0.243 e. The Morgan fingerprint density at radius 1 is 1.17 bits per heavy atom. The van der Waals surface area contributed by atoms with Crippen molar-refractivity contribution in [2.45, 2.75) is 13.3 Å². The lowest BCUT2D eigenvalue weighted by Crippen LogP contribution is -2.29. The number of imidazole rings is 1. The topological polar surface area (TPSA) is 110 Å². The van der Waals surface area contributed by atoms with Crippen LogP contribution in [0.3, 0.4) is 0 Å². The minimum Gasteiger partial charge on any atom is -0.457 e. The Labute approximate surface area is 235 Å². The molecule has 41 heavy (non-hydrogen) atoms. The van der Waals surface area contributed by atoms with E-state index in [4.69, 9.17) is 9.72 Å². The fourth-order valence-corrected chi connectivity index (χ4v) is 5.03. The van der Waals surface area contributed by atoms with E-state index in [1.807, 2.05) is 41.9 Å². The van der Waals surface area contributed by atoms with Crippen LogP contribution in [-0.4, -0.2) is 50.0 Å². The van der Waals surface area contributed by atoms with Gasteiger partial charge in [0.1, 0.15) is 29.2 Å². The Bertz CT molecular complexity index is 1790. The number of nitrogens with one attached hydrogen (secondary N) is 2. The molecule has 0 bridgehead atoms. The summed E-state index contributed by atoms with van der Waals surface area (Å²) >= 11 is 0. The molecule has 208 valence electrons. The minimum absolute atomic E-state index is 0.173. The number of hydrogen-bond acceptors (Lipinski definition) is 8. The van der Waals surface area contributed by atoms with Gasteiger partial charge in [0.2, 0.25) is 5.91 Å². The zero-order valence-electron chi connectivity index (χ0n) is 22.8. The number of pyridine rings is 1. The van der Waals surface area contributed by atoms with Crippen molar-refractivity contribution in [2.24, 2.45) is 13.0 Å². The van der Waals surface area contributed by atoms with Crippen LogP contribution in [0.1, 0.15) is 12.0 Å². The molecule has 11 heteroatoms. The predicted octanol–water partition coefficient (Wildman–Crippen LogP) is 5.02. The molecular weight excluding hydrogens is 523 g/mol. The number of nitrogens with zero attached hydrogens (tertiary/aromatic N) is 6. The van der Waals surface area contributed by atoms with E-state index in [1.54, 1.807) is 25.4 Å². The SMILES string of the molecule is C=CC(=O)NC[C@H]1CCN(c2ccc3ncnc(Nc4ccc(Oc5ccc6c(c5)ncn6C)c(C)c4F)c3n2)C1. The van der Waals surface area contributed by atoms with E-state index in [-0.39, 0.29) is 11.6 Å². The minimum atomic E-state index is -0.451. The first-order valence-corrected chi connectivity index (χ1v) is 13.3. The van der Waals surface area contributed by atoms with Crippen LogP contribution < -0.4 is 20.3 Å². The fraction of sp³-hybridized carbons (Fsp3) is 0.233. The highest BCUT2D eigenvalue weighted by atomic mass is 19.1. The number of anilines is 3. The number of rotatable bonds is 8. The van der Waals surface area contributed by atoms with Gasteiger partial charge in [-0.2, -0.15) is 0 Å². The van der Waals surface area contributed by atoms with Crippen molar-refractivity contribution in [1.29, 1.82) is 0 Å². The highest BCUT2D eigenvalue weighted by molar-refractivity contribution is 5.88. The van der Waals surface area contributed by atoms with E-state index in [0.29, 0.717) is 46.4 Å². The van der Waals surface area contributed by atoms with Crippen molar-refractivity contribution >= 4 is 45.3 Å². The second-order valence-corrected chi connectivity index (χ2v) is 10.1. The Kier molecular flexibility index (Phi) is 6.92. The second kappa shape index (κ2) is 10.8. The monoisotopic (exact) mass is 552 g/mol. The molecule has 1 saturated heterocycles. The summed E-state index contributed by atoms with van der Waals surface area (Å²) in [6, 6.07) is 12.7. The summed E-state index contributed by atoms with van der Waals surface area (Å²) in [5.41, 5.74) is 3.57. The average Bonchev–Trinajstić information content (AvgIpc) is 3.62. The van der Waals surface area contributed by atoms with Crippen LogP contribution >= 0.6 is 0 Å². The molecule has 10 nitrogen and oxygen atoms in total. The number of hydrogen-bond donors (Lipinski definition) is 2. The van der Waals surface area contributed by atoms with Gasteiger partial charge in [0.25, 0.3) is 0 Å². The van der Waals surface area contributed by atoms with Gasteiger partial charge in [-0.25, -0.2) is 24.3 Å². The molecule has 0 spiro atoms. The number of aryl methyl sites for hydroxylation is 1. The zero-order chi connectivity index (χ0) is 28.5. The van der Waals surface area contributed by atoms with E-state index in [9.17, 15) is 4.79 Å². The van der Waals surface area contributed by atoms with Crippen molar-refractivity contribution < 1.29 is 13.9 Å². The molecule has 1 fully saturated rings. The lowest BCUT2D eigenvalue weighted by molar-refractivity contribution is -0.116. The highest BCUT2D eigenvalue weighted by Gasteiger charge is 2.24. The van der Waals surface area contributed by atoms with E-state index in [1.165, 1.54) is 12.4 Å². The largest absolute Gasteiger partial charge is 0.457 e. The Morgan fingerprint density at radius 3 is 2.90 bits per heavy atom. The molecule has 2 N–H and O–H groups in total. The molecule has 6 rings (SSSR count). The first-order chi connectivity index (χ1) is 19.9.